The van der Waals surface area contributed by atoms with Gasteiger partial charge in [-0.3, -0.25) is 0 Å². The van der Waals surface area contributed by atoms with E-state index < -0.39 is 0 Å². The summed E-state index contributed by atoms with van der Waals surface area (Å²) in [7, 11) is 0. The van der Waals surface area contributed by atoms with Gasteiger partial charge in [-0.2, -0.15) is 0 Å². The van der Waals surface area contributed by atoms with Crippen LogP contribution in [0, 0.1) is 0 Å². The van der Waals surface area contributed by atoms with Gasteiger partial charge in [0.15, 0.2) is 0 Å². The second-order valence-corrected chi connectivity index (χ2v) is 14.1. The zero-order chi connectivity index (χ0) is 31.0. The summed E-state index contributed by atoms with van der Waals surface area (Å²) in [6.45, 7) is 7.07. The van der Waals surface area contributed by atoms with E-state index >= 15 is 0 Å². The summed E-state index contributed by atoms with van der Waals surface area (Å²) in [6, 6.07) is 0. The number of rotatable bonds is 39. The first-order chi connectivity index (χ1) is 21.4. The van der Waals surface area contributed by atoms with Crippen molar-refractivity contribution in [1.82, 2.24) is 5.32 Å². The van der Waals surface area contributed by atoms with E-state index in [1.165, 1.54) is 244 Å². The number of nitrogens with one attached hydrogen (secondary N) is 1. The van der Waals surface area contributed by atoms with Gasteiger partial charge < -0.3 is 5.32 Å². The lowest BCUT2D eigenvalue weighted by atomic mass is 10.0. The van der Waals surface area contributed by atoms with E-state index in [0.29, 0.717) is 0 Å². The SMILES string of the molecule is CCCCC=CCCCCCCCCCCCCCCCCCCNCCCCCCCCCCCCCCCCCC. The third-order valence-corrected chi connectivity index (χ3v) is 9.57. The van der Waals surface area contributed by atoms with Crippen LogP contribution in [0.3, 0.4) is 0 Å². The van der Waals surface area contributed by atoms with Crippen molar-refractivity contribution in [2.45, 2.75) is 245 Å². The van der Waals surface area contributed by atoms with Crippen molar-refractivity contribution in [3.05, 3.63) is 12.2 Å². The van der Waals surface area contributed by atoms with Crippen LogP contribution in [0.5, 0.6) is 0 Å². The molecule has 1 heteroatoms. The van der Waals surface area contributed by atoms with E-state index in [4.69, 9.17) is 0 Å². The average molecular weight is 604 g/mol. The van der Waals surface area contributed by atoms with Crippen molar-refractivity contribution < 1.29 is 0 Å². The van der Waals surface area contributed by atoms with Crippen molar-refractivity contribution in [3.8, 4) is 0 Å². The first-order valence-corrected chi connectivity index (χ1v) is 20.8. The maximum absolute atomic E-state index is 3.69. The lowest BCUT2D eigenvalue weighted by molar-refractivity contribution is 0.515. The van der Waals surface area contributed by atoms with Crippen molar-refractivity contribution in [1.29, 1.82) is 0 Å². The van der Waals surface area contributed by atoms with Gasteiger partial charge in [0.1, 0.15) is 0 Å². The quantitative estimate of drug-likeness (QED) is 0.0544. The number of unbranched alkanes of at least 4 members (excludes halogenated alkanes) is 33. The van der Waals surface area contributed by atoms with Gasteiger partial charge in [0.05, 0.1) is 0 Å². The lowest BCUT2D eigenvalue weighted by Crippen LogP contribution is -2.16. The van der Waals surface area contributed by atoms with E-state index in [1.54, 1.807) is 0 Å². The Hall–Kier alpha value is -0.300. The summed E-state index contributed by atoms with van der Waals surface area (Å²) >= 11 is 0. The van der Waals surface area contributed by atoms with Crippen LogP contribution in [0.4, 0.5) is 0 Å². The van der Waals surface area contributed by atoms with Crippen LogP contribution in [0.25, 0.3) is 0 Å². The second-order valence-electron chi connectivity index (χ2n) is 14.1. The van der Waals surface area contributed by atoms with E-state index in [1.807, 2.05) is 0 Å². The molecule has 1 N–H and O–H groups in total. The topological polar surface area (TPSA) is 12.0 Å². The van der Waals surface area contributed by atoms with Gasteiger partial charge >= 0.3 is 0 Å². The van der Waals surface area contributed by atoms with Gasteiger partial charge in [-0.25, -0.2) is 0 Å². The predicted octanol–water partition coefficient (Wildman–Crippen LogP) is 15.2. The fourth-order valence-corrected chi connectivity index (χ4v) is 6.47. The maximum Gasteiger partial charge on any atom is -0.00489 e. The minimum atomic E-state index is 1.25. The molecule has 0 heterocycles. The molecule has 0 bridgehead atoms. The lowest BCUT2D eigenvalue weighted by Gasteiger charge is -2.06. The molecule has 0 saturated heterocycles. The maximum atomic E-state index is 3.69. The third kappa shape index (κ3) is 41.7. The van der Waals surface area contributed by atoms with Crippen LogP contribution >= 0.6 is 0 Å². The Bertz CT molecular complexity index is 483. The summed E-state index contributed by atoms with van der Waals surface area (Å²) in [6.07, 6.45) is 56.7. The number of hydrogen-bond acceptors (Lipinski definition) is 1. The van der Waals surface area contributed by atoms with Crippen LogP contribution in [-0.4, -0.2) is 13.1 Å². The zero-order valence-electron chi connectivity index (χ0n) is 30.5. The Morgan fingerprint density at radius 2 is 0.488 bits per heavy atom. The average Bonchev–Trinajstić information content (AvgIpc) is 3.02. The molecule has 258 valence electrons. The van der Waals surface area contributed by atoms with Gasteiger partial charge in [0.25, 0.3) is 0 Å². The first kappa shape index (κ1) is 42.7. The highest BCUT2D eigenvalue weighted by molar-refractivity contribution is 4.81. The Balaban J connectivity index is 3.04. The third-order valence-electron chi connectivity index (χ3n) is 9.57. The van der Waals surface area contributed by atoms with E-state index in [9.17, 15) is 0 Å². The highest BCUT2D eigenvalue weighted by atomic mass is 14.8. The molecular weight excluding hydrogens is 518 g/mol. The molecule has 0 rings (SSSR count). The van der Waals surface area contributed by atoms with Crippen LogP contribution < -0.4 is 5.32 Å². The fraction of sp³-hybridized carbons (Fsp3) is 0.952. The van der Waals surface area contributed by atoms with Crippen molar-refractivity contribution in [3.63, 3.8) is 0 Å². The summed E-state index contributed by atoms with van der Waals surface area (Å²) in [5.41, 5.74) is 0. The molecule has 0 aromatic heterocycles. The molecular formula is C42H85N. The van der Waals surface area contributed by atoms with Crippen LogP contribution in [-0.2, 0) is 0 Å². The van der Waals surface area contributed by atoms with Crippen molar-refractivity contribution >= 4 is 0 Å². The van der Waals surface area contributed by atoms with Crippen molar-refractivity contribution in [2.24, 2.45) is 0 Å². The van der Waals surface area contributed by atoms with Gasteiger partial charge in [-0.1, -0.05) is 225 Å². The molecule has 0 amide bonds. The molecule has 0 unspecified atom stereocenters. The summed E-state index contributed by atoms with van der Waals surface area (Å²) < 4.78 is 0. The Morgan fingerprint density at radius 1 is 0.256 bits per heavy atom. The standard InChI is InChI=1S/C42H85N/c1-3-5-7-9-11-13-15-17-19-21-22-23-24-25-26-28-30-32-34-36-38-40-42-43-41-39-37-35-33-31-29-27-20-18-16-14-12-10-8-6-4-2/h9,11,43H,3-8,10,12-42H2,1-2H3. The normalized spacial score (nSPS) is 11.8. The number of hydrogen-bond donors (Lipinski definition) is 1. The molecule has 1 nitrogen and oxygen atoms in total. The van der Waals surface area contributed by atoms with Crippen molar-refractivity contribution in [2.75, 3.05) is 13.1 Å². The minimum absolute atomic E-state index is 1.25. The Morgan fingerprint density at radius 3 is 0.791 bits per heavy atom. The van der Waals surface area contributed by atoms with Gasteiger partial charge in [-0.05, 0) is 45.2 Å². The molecule has 0 spiro atoms. The predicted molar refractivity (Wildman–Crippen MR) is 200 cm³/mol. The highest BCUT2D eigenvalue weighted by Gasteiger charge is 1.97. The first-order valence-electron chi connectivity index (χ1n) is 20.8. The molecule has 0 aliphatic rings. The highest BCUT2D eigenvalue weighted by Crippen LogP contribution is 2.15. The van der Waals surface area contributed by atoms with E-state index in [0.717, 1.165) is 0 Å². The largest absolute Gasteiger partial charge is 0.317 e. The van der Waals surface area contributed by atoms with Crippen LogP contribution in [0.1, 0.15) is 245 Å². The molecule has 0 fully saturated rings. The van der Waals surface area contributed by atoms with Gasteiger partial charge in [0.2, 0.25) is 0 Å². The Kier molecular flexibility index (Phi) is 41.4. The molecule has 0 atom stereocenters. The fourth-order valence-electron chi connectivity index (χ4n) is 6.47. The molecule has 0 radical (unpaired) electrons. The molecule has 0 aliphatic carbocycles. The summed E-state index contributed by atoms with van der Waals surface area (Å²) in [5.74, 6) is 0. The Labute approximate surface area is 275 Å². The molecule has 0 aliphatic heterocycles. The molecule has 43 heavy (non-hydrogen) atoms. The van der Waals surface area contributed by atoms with Gasteiger partial charge in [-0.15, -0.1) is 0 Å². The molecule has 0 saturated carbocycles. The van der Waals surface area contributed by atoms with Crippen LogP contribution in [0.15, 0.2) is 12.2 Å². The molecule has 0 aromatic rings. The van der Waals surface area contributed by atoms with E-state index in [2.05, 4.69) is 31.3 Å². The smallest absolute Gasteiger partial charge is 0.00489 e. The monoisotopic (exact) mass is 604 g/mol. The second kappa shape index (κ2) is 41.7. The number of allylic oxidation sites excluding steroid dienone is 2. The summed E-state index contributed by atoms with van der Waals surface area (Å²) in [5, 5.41) is 3.69. The zero-order valence-corrected chi connectivity index (χ0v) is 30.5. The van der Waals surface area contributed by atoms with E-state index in [-0.39, 0.29) is 0 Å². The molecule has 0 aromatic carbocycles. The minimum Gasteiger partial charge on any atom is -0.317 e. The van der Waals surface area contributed by atoms with Crippen LogP contribution in [0.2, 0.25) is 0 Å². The van der Waals surface area contributed by atoms with Gasteiger partial charge in [0, 0.05) is 0 Å². The summed E-state index contributed by atoms with van der Waals surface area (Å²) in [4.78, 5) is 0.